The second-order valence-corrected chi connectivity index (χ2v) is 8.85. The van der Waals surface area contributed by atoms with Crippen molar-refractivity contribution in [2.24, 2.45) is 5.73 Å². The maximum Gasteiger partial charge on any atom is 0.256 e. The minimum absolute atomic E-state index is 0.103. The Morgan fingerprint density at radius 1 is 1.27 bits per heavy atom. The zero-order valence-electron chi connectivity index (χ0n) is 15.0. The summed E-state index contributed by atoms with van der Waals surface area (Å²) in [6.07, 6.45) is 0.103. The number of rotatable bonds is 7. The van der Waals surface area contributed by atoms with Crippen LogP contribution in [-0.2, 0) is 4.79 Å². The van der Waals surface area contributed by atoms with Gasteiger partial charge in [0.2, 0.25) is 0 Å². The summed E-state index contributed by atoms with van der Waals surface area (Å²) in [6, 6.07) is 9.22. The summed E-state index contributed by atoms with van der Waals surface area (Å²) < 4.78 is 6.40. The summed E-state index contributed by atoms with van der Waals surface area (Å²) in [5.74, 6) is -0.458. The van der Waals surface area contributed by atoms with Crippen molar-refractivity contribution in [3.63, 3.8) is 0 Å². The molecule has 26 heavy (non-hydrogen) atoms. The number of amides is 2. The Hall–Kier alpha value is -2.03. The third kappa shape index (κ3) is 5.48. The second kappa shape index (κ2) is 8.11. The highest BCUT2D eigenvalue weighted by atomic mass is 32.2. The molecule has 6 nitrogen and oxygen atoms in total. The maximum atomic E-state index is 12.0. The SMILES string of the molecule is CC(C)Oc1ccc(Sc2cc(C(N)=O)c(NC(=O)C(C)(C)O)s2)cc1. The first-order chi connectivity index (χ1) is 12.1. The van der Waals surface area contributed by atoms with Crippen LogP contribution < -0.4 is 15.8 Å². The van der Waals surface area contributed by atoms with E-state index in [0.717, 1.165) is 14.9 Å². The van der Waals surface area contributed by atoms with Crippen LogP contribution >= 0.6 is 23.1 Å². The van der Waals surface area contributed by atoms with E-state index in [-0.39, 0.29) is 11.7 Å². The normalized spacial score (nSPS) is 11.5. The van der Waals surface area contributed by atoms with Gasteiger partial charge in [0.05, 0.1) is 15.9 Å². The molecule has 8 heteroatoms. The fraction of sp³-hybridized carbons (Fsp3) is 0.333. The topological polar surface area (TPSA) is 102 Å². The summed E-state index contributed by atoms with van der Waals surface area (Å²) in [4.78, 5) is 24.6. The fourth-order valence-electron chi connectivity index (χ4n) is 1.93. The van der Waals surface area contributed by atoms with Gasteiger partial charge >= 0.3 is 0 Å². The van der Waals surface area contributed by atoms with E-state index >= 15 is 0 Å². The molecule has 0 aliphatic carbocycles. The Morgan fingerprint density at radius 3 is 2.38 bits per heavy atom. The van der Waals surface area contributed by atoms with Gasteiger partial charge in [-0.15, -0.1) is 11.3 Å². The molecule has 0 spiro atoms. The number of carbonyl (C=O) groups is 2. The number of carbonyl (C=O) groups excluding carboxylic acids is 2. The highest BCUT2D eigenvalue weighted by molar-refractivity contribution is 8.01. The van der Waals surface area contributed by atoms with E-state index in [1.165, 1.54) is 36.9 Å². The third-order valence-corrected chi connectivity index (χ3v) is 5.34. The molecule has 0 atom stereocenters. The van der Waals surface area contributed by atoms with Crippen molar-refractivity contribution in [2.45, 2.75) is 48.5 Å². The van der Waals surface area contributed by atoms with E-state index in [9.17, 15) is 14.7 Å². The molecule has 0 aliphatic rings. The first-order valence-corrected chi connectivity index (χ1v) is 9.61. The minimum Gasteiger partial charge on any atom is -0.491 e. The summed E-state index contributed by atoms with van der Waals surface area (Å²) in [7, 11) is 0. The van der Waals surface area contributed by atoms with Crippen LogP contribution in [0.15, 0.2) is 39.4 Å². The molecule has 140 valence electrons. The van der Waals surface area contributed by atoms with Crippen LogP contribution in [0.2, 0.25) is 0 Å². The Labute approximate surface area is 160 Å². The van der Waals surface area contributed by atoms with Crippen LogP contribution in [0, 0.1) is 0 Å². The zero-order valence-corrected chi connectivity index (χ0v) is 16.7. The van der Waals surface area contributed by atoms with Crippen LogP contribution in [0.25, 0.3) is 0 Å². The number of hydrogen-bond donors (Lipinski definition) is 3. The van der Waals surface area contributed by atoms with E-state index in [0.29, 0.717) is 5.00 Å². The van der Waals surface area contributed by atoms with Gasteiger partial charge in [0.1, 0.15) is 16.4 Å². The van der Waals surface area contributed by atoms with Crippen molar-refractivity contribution in [3.8, 4) is 5.75 Å². The molecule has 1 aromatic carbocycles. The van der Waals surface area contributed by atoms with E-state index in [4.69, 9.17) is 10.5 Å². The molecule has 0 fully saturated rings. The molecule has 0 saturated carbocycles. The van der Waals surface area contributed by atoms with Gasteiger partial charge in [-0.2, -0.15) is 0 Å². The number of nitrogens with one attached hydrogen (secondary N) is 1. The number of aliphatic hydroxyl groups is 1. The fourth-order valence-corrected chi connectivity index (χ4v) is 4.10. The minimum atomic E-state index is -1.56. The predicted molar refractivity (Wildman–Crippen MR) is 104 cm³/mol. The molecule has 2 rings (SSSR count). The van der Waals surface area contributed by atoms with Crippen LogP contribution in [0.5, 0.6) is 5.75 Å². The molecule has 2 aromatic rings. The predicted octanol–water partition coefficient (Wildman–Crippen LogP) is 3.49. The molecular formula is C18H22N2O4S2. The van der Waals surface area contributed by atoms with E-state index in [1.54, 1.807) is 6.07 Å². The summed E-state index contributed by atoms with van der Waals surface area (Å²) in [5, 5.41) is 12.7. The monoisotopic (exact) mass is 394 g/mol. The highest BCUT2D eigenvalue weighted by Gasteiger charge is 2.26. The smallest absolute Gasteiger partial charge is 0.256 e. The van der Waals surface area contributed by atoms with Gasteiger partial charge in [0.15, 0.2) is 0 Å². The summed E-state index contributed by atoms with van der Waals surface area (Å²) in [5.41, 5.74) is 4.06. The molecule has 0 unspecified atom stereocenters. The van der Waals surface area contributed by atoms with E-state index in [1.807, 2.05) is 38.1 Å². The number of anilines is 1. The van der Waals surface area contributed by atoms with Gasteiger partial charge in [-0.3, -0.25) is 9.59 Å². The van der Waals surface area contributed by atoms with Gasteiger partial charge in [0.25, 0.3) is 11.8 Å². The Balaban J connectivity index is 2.18. The lowest BCUT2D eigenvalue weighted by molar-refractivity contribution is -0.130. The number of ether oxygens (including phenoxy) is 1. The van der Waals surface area contributed by atoms with Gasteiger partial charge in [-0.25, -0.2) is 0 Å². The Kier molecular flexibility index (Phi) is 6.33. The van der Waals surface area contributed by atoms with Crippen LogP contribution in [-0.4, -0.2) is 28.6 Å². The Morgan fingerprint density at radius 2 is 1.88 bits per heavy atom. The van der Waals surface area contributed by atoms with Gasteiger partial charge < -0.3 is 20.9 Å². The molecule has 2 amide bonds. The molecule has 1 heterocycles. The average molecular weight is 395 g/mol. The van der Waals surface area contributed by atoms with Crippen molar-refractivity contribution in [3.05, 3.63) is 35.9 Å². The maximum absolute atomic E-state index is 12.0. The first kappa shape index (κ1) is 20.3. The zero-order chi connectivity index (χ0) is 19.5. The van der Waals surface area contributed by atoms with E-state index in [2.05, 4.69) is 5.32 Å². The molecule has 0 aliphatic heterocycles. The number of thiophene rings is 1. The summed E-state index contributed by atoms with van der Waals surface area (Å²) in [6.45, 7) is 6.67. The molecule has 0 radical (unpaired) electrons. The number of benzene rings is 1. The number of primary amides is 1. The highest BCUT2D eigenvalue weighted by Crippen LogP contribution is 2.39. The first-order valence-electron chi connectivity index (χ1n) is 7.98. The standard InChI is InChI=1S/C18H22N2O4S2/c1-10(2)24-11-5-7-12(8-6-11)25-14-9-13(15(19)21)16(26-14)20-17(22)18(3,4)23/h5-10,23H,1-4H3,(H2,19,21)(H,20,22). The second-order valence-electron chi connectivity index (χ2n) is 6.43. The van der Waals surface area contributed by atoms with Crippen molar-refractivity contribution < 1.29 is 19.4 Å². The van der Waals surface area contributed by atoms with Crippen molar-refractivity contribution in [1.29, 1.82) is 0 Å². The largest absolute Gasteiger partial charge is 0.491 e. The third-order valence-electron chi connectivity index (χ3n) is 3.17. The molecule has 4 N–H and O–H groups in total. The van der Waals surface area contributed by atoms with Crippen LogP contribution in [0.3, 0.4) is 0 Å². The van der Waals surface area contributed by atoms with Crippen molar-refractivity contribution in [2.75, 3.05) is 5.32 Å². The van der Waals surface area contributed by atoms with Gasteiger partial charge in [-0.1, -0.05) is 11.8 Å². The van der Waals surface area contributed by atoms with Gasteiger partial charge in [-0.05, 0) is 58.0 Å². The molecule has 0 bridgehead atoms. The molecule has 0 saturated heterocycles. The lowest BCUT2D eigenvalue weighted by atomic mass is 10.1. The quantitative estimate of drug-likeness (QED) is 0.667. The lowest BCUT2D eigenvalue weighted by Gasteiger charge is -2.16. The van der Waals surface area contributed by atoms with Crippen LogP contribution in [0.4, 0.5) is 5.00 Å². The average Bonchev–Trinajstić information content (AvgIpc) is 2.90. The van der Waals surface area contributed by atoms with E-state index < -0.39 is 17.4 Å². The number of hydrogen-bond acceptors (Lipinski definition) is 6. The Bertz CT molecular complexity index is 793. The number of nitrogens with two attached hydrogens (primary N) is 1. The lowest BCUT2D eigenvalue weighted by Crippen LogP contribution is -2.36. The van der Waals surface area contributed by atoms with Crippen molar-refractivity contribution >= 4 is 39.9 Å². The molecular weight excluding hydrogens is 372 g/mol. The van der Waals surface area contributed by atoms with Gasteiger partial charge in [0, 0.05) is 4.90 Å². The summed E-state index contributed by atoms with van der Waals surface area (Å²) >= 11 is 2.67. The molecule has 1 aromatic heterocycles. The van der Waals surface area contributed by atoms with Crippen molar-refractivity contribution in [1.82, 2.24) is 0 Å². The van der Waals surface area contributed by atoms with Crippen LogP contribution in [0.1, 0.15) is 38.1 Å².